The number of hydrogen-bond donors (Lipinski definition) is 1. The van der Waals surface area contributed by atoms with E-state index in [1.807, 2.05) is 18.2 Å². The summed E-state index contributed by atoms with van der Waals surface area (Å²) in [5.41, 5.74) is 0.806. The zero-order valence-electron chi connectivity index (χ0n) is 10.7. The van der Waals surface area contributed by atoms with Gasteiger partial charge >= 0.3 is 0 Å². The summed E-state index contributed by atoms with van der Waals surface area (Å²) >= 11 is 3.45. The van der Waals surface area contributed by atoms with E-state index < -0.39 is 0 Å². The molecule has 0 bridgehead atoms. The molecular formula is C15H19BrO2. The first-order valence-electron chi connectivity index (χ1n) is 6.74. The summed E-state index contributed by atoms with van der Waals surface area (Å²) in [6.07, 6.45) is 4.90. The van der Waals surface area contributed by atoms with E-state index in [1.54, 1.807) is 0 Å². The number of rotatable bonds is 0. The minimum atomic E-state index is -0.389. The third kappa shape index (κ3) is 2.19. The fourth-order valence-electron chi connectivity index (χ4n) is 3.20. The Balaban J connectivity index is 1.89. The Kier molecular flexibility index (Phi) is 3.15. The summed E-state index contributed by atoms with van der Waals surface area (Å²) in [7, 11) is 0. The van der Waals surface area contributed by atoms with Gasteiger partial charge in [-0.15, -0.1) is 0 Å². The maximum atomic E-state index is 10.4. The summed E-state index contributed by atoms with van der Waals surface area (Å²) in [4.78, 5) is 0. The average Bonchev–Trinajstić information content (AvgIpc) is 2.35. The predicted octanol–water partition coefficient (Wildman–Crippen LogP) is 4.21. The highest BCUT2D eigenvalue weighted by Gasteiger charge is 2.42. The van der Waals surface area contributed by atoms with Gasteiger partial charge in [0.15, 0.2) is 0 Å². The van der Waals surface area contributed by atoms with E-state index in [9.17, 15) is 5.11 Å². The maximum absolute atomic E-state index is 10.4. The van der Waals surface area contributed by atoms with Crippen molar-refractivity contribution in [3.05, 3.63) is 28.2 Å². The van der Waals surface area contributed by atoms with Gasteiger partial charge in [-0.05, 0) is 49.8 Å². The number of benzene rings is 1. The zero-order valence-corrected chi connectivity index (χ0v) is 12.2. The van der Waals surface area contributed by atoms with Crippen molar-refractivity contribution >= 4 is 15.9 Å². The van der Waals surface area contributed by atoms with Crippen molar-refractivity contribution in [2.45, 2.75) is 50.7 Å². The fraction of sp³-hybridized carbons (Fsp3) is 0.600. The van der Waals surface area contributed by atoms with E-state index in [4.69, 9.17) is 4.74 Å². The largest absolute Gasteiger partial charge is 0.487 e. The van der Waals surface area contributed by atoms with Crippen molar-refractivity contribution in [1.29, 1.82) is 0 Å². The van der Waals surface area contributed by atoms with Gasteiger partial charge in [0, 0.05) is 16.5 Å². The van der Waals surface area contributed by atoms with Crippen LogP contribution in [0, 0.1) is 5.92 Å². The Morgan fingerprint density at radius 1 is 1.33 bits per heavy atom. The lowest BCUT2D eigenvalue weighted by Gasteiger charge is -2.44. The van der Waals surface area contributed by atoms with E-state index >= 15 is 0 Å². The van der Waals surface area contributed by atoms with Crippen molar-refractivity contribution < 1.29 is 9.84 Å². The van der Waals surface area contributed by atoms with Gasteiger partial charge in [-0.1, -0.05) is 22.9 Å². The van der Waals surface area contributed by atoms with Crippen LogP contribution >= 0.6 is 15.9 Å². The SMILES string of the molecule is CC1CCC2(CC1)CC(O)c1cc(Br)ccc1O2. The third-order valence-corrected chi connectivity index (χ3v) is 4.90. The highest BCUT2D eigenvalue weighted by molar-refractivity contribution is 9.10. The molecule has 1 spiro atoms. The molecule has 1 aromatic rings. The van der Waals surface area contributed by atoms with Crippen molar-refractivity contribution in [3.8, 4) is 5.75 Å². The van der Waals surface area contributed by atoms with Crippen molar-refractivity contribution in [3.63, 3.8) is 0 Å². The van der Waals surface area contributed by atoms with Gasteiger partial charge < -0.3 is 9.84 Å². The Morgan fingerprint density at radius 2 is 2.06 bits per heavy atom. The van der Waals surface area contributed by atoms with E-state index in [0.717, 1.165) is 41.0 Å². The van der Waals surface area contributed by atoms with Crippen LogP contribution in [0.25, 0.3) is 0 Å². The molecule has 1 aliphatic heterocycles. The first kappa shape index (κ1) is 12.5. The Bertz CT molecular complexity index is 450. The minimum absolute atomic E-state index is 0.118. The molecule has 18 heavy (non-hydrogen) atoms. The molecule has 3 heteroatoms. The summed E-state index contributed by atoms with van der Waals surface area (Å²) in [5, 5.41) is 10.4. The van der Waals surface area contributed by atoms with Crippen LogP contribution in [0.4, 0.5) is 0 Å². The monoisotopic (exact) mass is 310 g/mol. The molecule has 3 rings (SSSR count). The van der Waals surface area contributed by atoms with Crippen molar-refractivity contribution in [2.24, 2.45) is 5.92 Å². The van der Waals surface area contributed by atoms with Gasteiger partial charge in [-0.25, -0.2) is 0 Å². The molecule has 1 atom stereocenters. The molecule has 1 saturated carbocycles. The molecule has 0 aromatic heterocycles. The lowest BCUT2D eigenvalue weighted by molar-refractivity contribution is -0.0454. The molecule has 2 aliphatic rings. The Labute approximate surface area is 116 Å². The normalized spacial score (nSPS) is 35.1. The molecule has 1 unspecified atom stereocenters. The molecular weight excluding hydrogens is 292 g/mol. The molecule has 0 amide bonds. The predicted molar refractivity (Wildman–Crippen MR) is 74.7 cm³/mol. The van der Waals surface area contributed by atoms with E-state index in [2.05, 4.69) is 22.9 Å². The number of ether oxygens (including phenoxy) is 1. The summed E-state index contributed by atoms with van der Waals surface area (Å²) in [5.74, 6) is 1.66. The van der Waals surface area contributed by atoms with Gasteiger partial charge in [0.25, 0.3) is 0 Å². The van der Waals surface area contributed by atoms with Crippen LogP contribution in [0.1, 0.15) is 50.7 Å². The van der Waals surface area contributed by atoms with Gasteiger partial charge in [0.1, 0.15) is 11.4 Å². The van der Waals surface area contributed by atoms with Gasteiger partial charge in [0.05, 0.1) is 6.10 Å². The van der Waals surface area contributed by atoms with Crippen LogP contribution in [0.5, 0.6) is 5.75 Å². The number of halogens is 1. The molecule has 1 fully saturated rings. The molecule has 98 valence electrons. The van der Waals surface area contributed by atoms with E-state index in [1.165, 1.54) is 12.8 Å². The van der Waals surface area contributed by atoms with Crippen LogP contribution in [-0.4, -0.2) is 10.7 Å². The summed E-state index contributed by atoms with van der Waals surface area (Å²) in [6.45, 7) is 2.30. The number of hydrogen-bond acceptors (Lipinski definition) is 2. The Morgan fingerprint density at radius 3 is 2.78 bits per heavy atom. The average molecular weight is 311 g/mol. The van der Waals surface area contributed by atoms with Crippen molar-refractivity contribution in [1.82, 2.24) is 0 Å². The highest BCUT2D eigenvalue weighted by Crippen LogP contribution is 2.47. The van der Waals surface area contributed by atoms with Crippen LogP contribution < -0.4 is 4.74 Å². The molecule has 0 radical (unpaired) electrons. The quantitative estimate of drug-likeness (QED) is 0.777. The number of aliphatic hydroxyl groups excluding tert-OH is 1. The standard InChI is InChI=1S/C15H19BrO2/c1-10-4-6-15(7-5-10)9-13(17)12-8-11(16)2-3-14(12)18-15/h2-3,8,10,13,17H,4-7,9H2,1H3. The van der Waals surface area contributed by atoms with Crippen LogP contribution in [0.2, 0.25) is 0 Å². The second-order valence-electron chi connectivity index (χ2n) is 5.87. The smallest absolute Gasteiger partial charge is 0.126 e. The second kappa shape index (κ2) is 4.53. The summed E-state index contributed by atoms with van der Waals surface area (Å²) < 4.78 is 7.25. The van der Waals surface area contributed by atoms with Crippen LogP contribution in [0.15, 0.2) is 22.7 Å². The first-order valence-corrected chi connectivity index (χ1v) is 7.54. The van der Waals surface area contributed by atoms with Gasteiger partial charge in [-0.2, -0.15) is 0 Å². The Hall–Kier alpha value is -0.540. The van der Waals surface area contributed by atoms with E-state index in [-0.39, 0.29) is 11.7 Å². The van der Waals surface area contributed by atoms with Gasteiger partial charge in [0.2, 0.25) is 0 Å². The van der Waals surface area contributed by atoms with Crippen LogP contribution in [0.3, 0.4) is 0 Å². The van der Waals surface area contributed by atoms with Crippen molar-refractivity contribution in [2.75, 3.05) is 0 Å². The van der Waals surface area contributed by atoms with Gasteiger partial charge in [-0.3, -0.25) is 0 Å². The highest BCUT2D eigenvalue weighted by atomic mass is 79.9. The molecule has 1 heterocycles. The molecule has 1 aromatic carbocycles. The topological polar surface area (TPSA) is 29.5 Å². The fourth-order valence-corrected chi connectivity index (χ4v) is 3.58. The molecule has 2 nitrogen and oxygen atoms in total. The lowest BCUT2D eigenvalue weighted by Crippen LogP contribution is -2.43. The maximum Gasteiger partial charge on any atom is 0.126 e. The first-order chi connectivity index (χ1) is 8.58. The molecule has 1 N–H and O–H groups in total. The lowest BCUT2D eigenvalue weighted by atomic mass is 9.74. The molecule has 0 saturated heterocycles. The number of aliphatic hydroxyl groups is 1. The summed E-state index contributed by atoms with van der Waals surface area (Å²) in [6, 6.07) is 5.93. The van der Waals surface area contributed by atoms with Crippen LogP contribution in [-0.2, 0) is 0 Å². The minimum Gasteiger partial charge on any atom is -0.487 e. The number of fused-ring (bicyclic) bond motifs is 1. The van der Waals surface area contributed by atoms with E-state index in [0.29, 0.717) is 0 Å². The zero-order chi connectivity index (χ0) is 12.8. The molecule has 1 aliphatic carbocycles. The third-order valence-electron chi connectivity index (χ3n) is 4.41. The second-order valence-corrected chi connectivity index (χ2v) is 6.79.